The number of fused-ring (bicyclic) bond motifs is 1. The Morgan fingerprint density at radius 1 is 1.13 bits per heavy atom. The van der Waals surface area contributed by atoms with Crippen LogP contribution in [-0.4, -0.2) is 17.6 Å². The van der Waals surface area contributed by atoms with Crippen LogP contribution in [0.25, 0.3) is 0 Å². The number of anilines is 3. The number of hydrogen-bond acceptors (Lipinski definition) is 3. The molecule has 0 radical (unpaired) electrons. The van der Waals surface area contributed by atoms with Gasteiger partial charge in [-0.3, -0.25) is 9.69 Å². The molecule has 1 aliphatic heterocycles. The monoisotopic (exact) mass is 342 g/mol. The van der Waals surface area contributed by atoms with E-state index in [2.05, 4.69) is 5.32 Å². The van der Waals surface area contributed by atoms with Gasteiger partial charge in [0, 0.05) is 5.02 Å². The smallest absolute Gasteiger partial charge is 0.416 e. The van der Waals surface area contributed by atoms with Crippen LogP contribution in [-0.2, 0) is 11.0 Å². The molecule has 0 saturated carbocycles. The molecule has 0 spiro atoms. The Balaban J connectivity index is 2.14. The van der Waals surface area contributed by atoms with E-state index in [1.165, 1.54) is 24.3 Å². The van der Waals surface area contributed by atoms with Gasteiger partial charge in [-0.05, 0) is 36.4 Å². The molecule has 4 nitrogen and oxygen atoms in total. The second kappa shape index (κ2) is 5.34. The van der Waals surface area contributed by atoms with E-state index in [1.54, 1.807) is 0 Å². The summed E-state index contributed by atoms with van der Waals surface area (Å²) in [7, 11) is 0. The van der Waals surface area contributed by atoms with E-state index >= 15 is 0 Å². The highest BCUT2D eigenvalue weighted by Crippen LogP contribution is 2.42. The summed E-state index contributed by atoms with van der Waals surface area (Å²) in [5.74, 6) is -0.620. The van der Waals surface area contributed by atoms with Crippen molar-refractivity contribution in [3.63, 3.8) is 0 Å². The SMILES string of the molecule is O=C1CNc2cc(C(F)(F)F)ccc2N1c1cc(Cl)ccc1O. The first kappa shape index (κ1) is 15.5. The molecule has 120 valence electrons. The second-order valence-electron chi connectivity index (χ2n) is 4.95. The van der Waals surface area contributed by atoms with E-state index in [9.17, 15) is 23.1 Å². The fourth-order valence-corrected chi connectivity index (χ4v) is 2.54. The van der Waals surface area contributed by atoms with Crippen LogP contribution in [0.4, 0.5) is 30.2 Å². The third-order valence-electron chi connectivity index (χ3n) is 3.42. The molecule has 2 aromatic rings. The number of nitrogens with zero attached hydrogens (tertiary/aromatic N) is 1. The van der Waals surface area contributed by atoms with Crippen molar-refractivity contribution in [3.8, 4) is 5.75 Å². The van der Waals surface area contributed by atoms with Gasteiger partial charge in [0.15, 0.2) is 0 Å². The summed E-state index contributed by atoms with van der Waals surface area (Å²) in [6, 6.07) is 7.13. The Kier molecular flexibility index (Phi) is 3.60. The number of carbonyl (C=O) groups is 1. The standard InChI is InChI=1S/C15H10ClF3N2O2/c16-9-2-4-13(22)12(6-9)21-11-3-1-8(15(17,18)19)5-10(11)20-7-14(21)23/h1-6,20,22H,7H2. The highest BCUT2D eigenvalue weighted by molar-refractivity contribution is 6.31. The van der Waals surface area contributed by atoms with Crippen LogP contribution in [0.2, 0.25) is 5.02 Å². The summed E-state index contributed by atoms with van der Waals surface area (Å²) < 4.78 is 38.4. The van der Waals surface area contributed by atoms with Crippen molar-refractivity contribution >= 4 is 34.6 Å². The van der Waals surface area contributed by atoms with E-state index in [1.807, 2.05) is 0 Å². The van der Waals surface area contributed by atoms with Gasteiger partial charge >= 0.3 is 6.18 Å². The van der Waals surface area contributed by atoms with Crippen LogP contribution in [0, 0.1) is 0 Å². The largest absolute Gasteiger partial charge is 0.506 e. The minimum Gasteiger partial charge on any atom is -0.506 e. The predicted molar refractivity (Wildman–Crippen MR) is 80.2 cm³/mol. The number of amides is 1. The zero-order chi connectivity index (χ0) is 16.8. The summed E-state index contributed by atoms with van der Waals surface area (Å²) in [4.78, 5) is 13.3. The van der Waals surface area contributed by atoms with Gasteiger partial charge < -0.3 is 10.4 Å². The van der Waals surface area contributed by atoms with Crippen molar-refractivity contribution in [3.05, 3.63) is 47.0 Å². The lowest BCUT2D eigenvalue weighted by atomic mass is 10.1. The number of aromatic hydroxyl groups is 1. The maximum Gasteiger partial charge on any atom is 0.416 e. The molecular weight excluding hydrogens is 333 g/mol. The van der Waals surface area contributed by atoms with Gasteiger partial charge in [-0.25, -0.2) is 0 Å². The summed E-state index contributed by atoms with van der Waals surface area (Å²) in [5.41, 5.74) is -0.344. The molecule has 1 aliphatic rings. The van der Waals surface area contributed by atoms with Crippen LogP contribution in [0.1, 0.15) is 5.56 Å². The van der Waals surface area contributed by atoms with Crippen molar-refractivity contribution in [1.82, 2.24) is 0 Å². The molecule has 23 heavy (non-hydrogen) atoms. The first-order valence-corrected chi connectivity index (χ1v) is 6.92. The van der Waals surface area contributed by atoms with Crippen molar-refractivity contribution < 1.29 is 23.1 Å². The topological polar surface area (TPSA) is 52.6 Å². The number of rotatable bonds is 1. The van der Waals surface area contributed by atoms with E-state index in [-0.39, 0.29) is 34.4 Å². The molecule has 3 rings (SSSR count). The van der Waals surface area contributed by atoms with Crippen molar-refractivity contribution in [2.45, 2.75) is 6.18 Å². The van der Waals surface area contributed by atoms with E-state index in [0.717, 1.165) is 17.0 Å². The molecule has 2 N–H and O–H groups in total. The molecule has 0 bridgehead atoms. The van der Waals surface area contributed by atoms with Crippen LogP contribution < -0.4 is 10.2 Å². The molecule has 8 heteroatoms. The molecule has 0 unspecified atom stereocenters. The lowest BCUT2D eigenvalue weighted by Gasteiger charge is -2.31. The first-order chi connectivity index (χ1) is 10.8. The molecule has 0 saturated heterocycles. The quantitative estimate of drug-likeness (QED) is 0.818. The minimum atomic E-state index is -4.48. The lowest BCUT2D eigenvalue weighted by molar-refractivity contribution is -0.137. The van der Waals surface area contributed by atoms with Gasteiger partial charge in [0.25, 0.3) is 5.91 Å². The Morgan fingerprint density at radius 2 is 1.87 bits per heavy atom. The highest BCUT2D eigenvalue weighted by Gasteiger charge is 2.34. The summed E-state index contributed by atoms with van der Waals surface area (Å²) >= 11 is 5.88. The Hall–Kier alpha value is -2.41. The van der Waals surface area contributed by atoms with Gasteiger partial charge in [0.2, 0.25) is 0 Å². The normalized spacial score (nSPS) is 14.4. The fraction of sp³-hybridized carbons (Fsp3) is 0.133. The number of halogens is 4. The second-order valence-corrected chi connectivity index (χ2v) is 5.38. The van der Waals surface area contributed by atoms with Crippen molar-refractivity contribution in [2.75, 3.05) is 16.8 Å². The van der Waals surface area contributed by atoms with Crippen molar-refractivity contribution in [2.24, 2.45) is 0 Å². The molecule has 0 atom stereocenters. The van der Waals surface area contributed by atoms with Gasteiger partial charge in [-0.2, -0.15) is 13.2 Å². The third kappa shape index (κ3) is 2.79. The van der Waals surface area contributed by atoms with Crippen LogP contribution >= 0.6 is 11.6 Å². The Bertz CT molecular complexity index is 793. The summed E-state index contributed by atoms with van der Waals surface area (Å²) in [5, 5.41) is 12.9. The molecule has 1 amide bonds. The summed E-state index contributed by atoms with van der Waals surface area (Å²) in [6.45, 7) is -0.194. The highest BCUT2D eigenvalue weighted by atomic mass is 35.5. The number of nitrogens with one attached hydrogen (secondary N) is 1. The summed E-state index contributed by atoms with van der Waals surface area (Å²) in [6.07, 6.45) is -4.48. The van der Waals surface area contributed by atoms with E-state index < -0.39 is 17.6 Å². The molecule has 0 aliphatic carbocycles. The van der Waals surface area contributed by atoms with Gasteiger partial charge in [0.05, 0.1) is 29.2 Å². The molecule has 2 aromatic carbocycles. The number of phenols is 1. The van der Waals surface area contributed by atoms with Gasteiger partial charge in [-0.1, -0.05) is 11.6 Å². The Morgan fingerprint density at radius 3 is 2.57 bits per heavy atom. The van der Waals surface area contributed by atoms with Gasteiger partial charge in [-0.15, -0.1) is 0 Å². The number of hydrogen-bond donors (Lipinski definition) is 2. The predicted octanol–water partition coefficient (Wildman–Crippen LogP) is 4.15. The fourth-order valence-electron chi connectivity index (χ4n) is 2.37. The first-order valence-electron chi connectivity index (χ1n) is 6.54. The Labute approximate surface area is 134 Å². The maximum absolute atomic E-state index is 12.8. The molecular formula is C15H10ClF3N2O2. The zero-order valence-electron chi connectivity index (χ0n) is 11.5. The number of benzene rings is 2. The molecule has 0 aromatic heterocycles. The van der Waals surface area contributed by atoms with Crippen LogP contribution in [0.3, 0.4) is 0 Å². The molecule has 1 heterocycles. The van der Waals surface area contributed by atoms with Crippen LogP contribution in [0.5, 0.6) is 5.75 Å². The van der Waals surface area contributed by atoms with Gasteiger partial charge in [0.1, 0.15) is 5.75 Å². The van der Waals surface area contributed by atoms with Crippen molar-refractivity contribution in [1.29, 1.82) is 0 Å². The number of alkyl halides is 3. The van der Waals surface area contributed by atoms with E-state index in [0.29, 0.717) is 0 Å². The number of carbonyl (C=O) groups excluding carboxylic acids is 1. The minimum absolute atomic E-state index is 0.116. The van der Waals surface area contributed by atoms with Crippen LogP contribution in [0.15, 0.2) is 36.4 Å². The maximum atomic E-state index is 12.8. The zero-order valence-corrected chi connectivity index (χ0v) is 12.2. The number of phenolic OH excluding ortho intramolecular Hbond substituents is 1. The average molecular weight is 343 g/mol. The average Bonchev–Trinajstić information content (AvgIpc) is 2.48. The third-order valence-corrected chi connectivity index (χ3v) is 3.66. The lowest BCUT2D eigenvalue weighted by Crippen LogP contribution is -2.36. The molecule has 0 fully saturated rings. The van der Waals surface area contributed by atoms with E-state index in [4.69, 9.17) is 11.6 Å².